The van der Waals surface area contributed by atoms with Crippen LogP contribution in [0.25, 0.3) is 0 Å². The third kappa shape index (κ3) is 4.43. The lowest BCUT2D eigenvalue weighted by atomic mass is 9.99. The molecule has 156 valence electrons. The van der Waals surface area contributed by atoms with Gasteiger partial charge in [-0.25, -0.2) is 0 Å². The number of hydrogen-bond donors (Lipinski definition) is 2. The van der Waals surface area contributed by atoms with Gasteiger partial charge in [0.2, 0.25) is 6.79 Å². The summed E-state index contributed by atoms with van der Waals surface area (Å²) in [4.78, 5) is 38.9. The number of pyridine rings is 1. The van der Waals surface area contributed by atoms with Crippen molar-refractivity contribution in [2.45, 2.75) is 39.7 Å². The maximum absolute atomic E-state index is 12.3. The Labute approximate surface area is 172 Å². The van der Waals surface area contributed by atoms with E-state index in [0.717, 1.165) is 0 Å². The zero-order valence-corrected chi connectivity index (χ0v) is 16.8. The number of aromatic amines is 1. The number of anilines is 1. The summed E-state index contributed by atoms with van der Waals surface area (Å²) in [6.45, 7) is 4.98. The Bertz CT molecular complexity index is 1100. The molecule has 9 nitrogen and oxygen atoms in total. The first-order valence-electron chi connectivity index (χ1n) is 9.32. The monoisotopic (exact) mass is 411 g/mol. The summed E-state index contributed by atoms with van der Waals surface area (Å²) in [5.74, 6) is 0.0814. The lowest BCUT2D eigenvalue weighted by Gasteiger charge is -2.15. The second-order valence-corrected chi connectivity index (χ2v) is 6.86. The molecule has 1 atom stereocenters. The first-order valence-corrected chi connectivity index (χ1v) is 9.32. The minimum absolute atomic E-state index is 0.000234. The van der Waals surface area contributed by atoms with Crippen LogP contribution in [-0.4, -0.2) is 29.8 Å². The molecule has 1 aromatic carbocycles. The van der Waals surface area contributed by atoms with E-state index in [1.54, 1.807) is 32.0 Å². The summed E-state index contributed by atoms with van der Waals surface area (Å²) in [6, 6.07) is 6.84. The van der Waals surface area contributed by atoms with Crippen LogP contribution in [0, 0.1) is 25.2 Å². The predicted molar refractivity (Wildman–Crippen MR) is 106 cm³/mol. The van der Waals surface area contributed by atoms with Gasteiger partial charge in [-0.15, -0.1) is 0 Å². The van der Waals surface area contributed by atoms with Crippen LogP contribution in [0.5, 0.6) is 11.5 Å². The van der Waals surface area contributed by atoms with Gasteiger partial charge in [-0.3, -0.25) is 14.4 Å². The Hall–Kier alpha value is -3.80. The molecule has 0 saturated heterocycles. The quantitative estimate of drug-likeness (QED) is 0.696. The van der Waals surface area contributed by atoms with E-state index >= 15 is 0 Å². The van der Waals surface area contributed by atoms with Gasteiger partial charge in [0.1, 0.15) is 11.6 Å². The fourth-order valence-corrected chi connectivity index (χ4v) is 3.18. The van der Waals surface area contributed by atoms with Gasteiger partial charge >= 0.3 is 5.97 Å². The Morgan fingerprint density at radius 3 is 2.77 bits per heavy atom. The molecule has 1 aromatic heterocycles. The number of amides is 1. The molecule has 2 heterocycles. The highest BCUT2D eigenvalue weighted by Gasteiger charge is 2.20. The summed E-state index contributed by atoms with van der Waals surface area (Å²) in [5.41, 5.74) is 1.92. The molecule has 2 N–H and O–H groups in total. The zero-order chi connectivity index (χ0) is 21.8. The van der Waals surface area contributed by atoms with E-state index in [1.165, 1.54) is 6.92 Å². The van der Waals surface area contributed by atoms with Crippen LogP contribution in [-0.2, 0) is 20.7 Å². The van der Waals surface area contributed by atoms with E-state index in [1.807, 2.05) is 6.07 Å². The summed E-state index contributed by atoms with van der Waals surface area (Å²) in [5, 5.41) is 11.8. The van der Waals surface area contributed by atoms with E-state index in [2.05, 4.69) is 10.3 Å². The third-order valence-corrected chi connectivity index (χ3v) is 4.82. The van der Waals surface area contributed by atoms with Crippen molar-refractivity contribution < 1.29 is 23.8 Å². The lowest BCUT2D eigenvalue weighted by Crippen LogP contribution is -2.30. The number of aromatic nitrogens is 1. The second kappa shape index (κ2) is 8.69. The van der Waals surface area contributed by atoms with Crippen LogP contribution in [0.2, 0.25) is 0 Å². The minimum atomic E-state index is -1.00. The standard InChI is InChI=1S/C21H21N3O6/c1-11-15(12(2)23-21(27)16(11)9-22)5-7-19(25)30-13(3)20(26)24-14-4-6-17-18(8-14)29-10-28-17/h4,6,8,13H,5,7,10H2,1-3H3,(H,23,27)(H,24,26)/t13-/m0/s1. The normalized spacial score (nSPS) is 12.7. The molecule has 0 bridgehead atoms. The molecule has 9 heteroatoms. The van der Waals surface area contributed by atoms with Gasteiger partial charge in [0.15, 0.2) is 17.6 Å². The smallest absolute Gasteiger partial charge is 0.306 e. The Kier molecular flexibility index (Phi) is 6.06. The van der Waals surface area contributed by atoms with E-state index in [4.69, 9.17) is 19.5 Å². The highest BCUT2D eigenvalue weighted by Crippen LogP contribution is 2.34. The molecule has 0 aliphatic carbocycles. The molecule has 0 spiro atoms. The van der Waals surface area contributed by atoms with E-state index < -0.39 is 23.5 Å². The minimum Gasteiger partial charge on any atom is -0.454 e. The number of carbonyl (C=O) groups excluding carboxylic acids is 2. The van der Waals surface area contributed by atoms with Crippen LogP contribution in [0.1, 0.15) is 35.7 Å². The number of ether oxygens (including phenoxy) is 3. The van der Waals surface area contributed by atoms with Gasteiger partial charge in [0.05, 0.1) is 0 Å². The van der Waals surface area contributed by atoms with Crippen molar-refractivity contribution in [2.24, 2.45) is 0 Å². The van der Waals surface area contributed by atoms with Crippen molar-refractivity contribution in [2.75, 3.05) is 12.1 Å². The average molecular weight is 411 g/mol. The summed E-state index contributed by atoms with van der Waals surface area (Å²) < 4.78 is 15.7. The molecule has 1 aliphatic heterocycles. The number of aryl methyl sites for hydroxylation is 1. The highest BCUT2D eigenvalue weighted by molar-refractivity contribution is 5.95. The van der Waals surface area contributed by atoms with Gasteiger partial charge in [-0.2, -0.15) is 5.26 Å². The molecule has 30 heavy (non-hydrogen) atoms. The summed E-state index contributed by atoms with van der Waals surface area (Å²) >= 11 is 0. The summed E-state index contributed by atoms with van der Waals surface area (Å²) in [6.07, 6.45) is -0.728. The highest BCUT2D eigenvalue weighted by atomic mass is 16.7. The number of nitriles is 1. The topological polar surface area (TPSA) is 131 Å². The van der Waals surface area contributed by atoms with Crippen molar-refractivity contribution >= 4 is 17.6 Å². The molecule has 0 radical (unpaired) electrons. The first kappa shape index (κ1) is 20.9. The number of carbonyl (C=O) groups is 2. The van der Waals surface area contributed by atoms with Crippen LogP contribution < -0.4 is 20.3 Å². The maximum Gasteiger partial charge on any atom is 0.306 e. The number of hydrogen-bond acceptors (Lipinski definition) is 7. The number of rotatable bonds is 6. The number of esters is 1. The summed E-state index contributed by atoms with van der Waals surface area (Å²) in [7, 11) is 0. The first-order chi connectivity index (χ1) is 14.3. The molecular weight excluding hydrogens is 390 g/mol. The lowest BCUT2D eigenvalue weighted by molar-refractivity contribution is -0.153. The van der Waals surface area contributed by atoms with Crippen molar-refractivity contribution in [1.29, 1.82) is 5.26 Å². The number of fused-ring (bicyclic) bond motifs is 1. The largest absolute Gasteiger partial charge is 0.454 e. The van der Waals surface area contributed by atoms with Gasteiger partial charge in [0, 0.05) is 23.9 Å². The van der Waals surface area contributed by atoms with Gasteiger partial charge in [-0.05, 0) is 50.5 Å². The van der Waals surface area contributed by atoms with Crippen molar-refractivity contribution in [3.8, 4) is 17.6 Å². The van der Waals surface area contributed by atoms with Gasteiger partial charge in [-0.1, -0.05) is 0 Å². The number of benzene rings is 1. The van der Waals surface area contributed by atoms with E-state index in [9.17, 15) is 14.4 Å². The number of nitrogens with one attached hydrogen (secondary N) is 2. The van der Waals surface area contributed by atoms with Crippen molar-refractivity contribution in [3.05, 3.63) is 50.9 Å². The Morgan fingerprint density at radius 2 is 2.03 bits per heavy atom. The van der Waals surface area contributed by atoms with E-state index in [-0.39, 0.29) is 25.2 Å². The van der Waals surface area contributed by atoms with Crippen LogP contribution in [0.4, 0.5) is 5.69 Å². The Balaban J connectivity index is 1.57. The molecule has 1 aliphatic rings. The molecule has 0 saturated carbocycles. The zero-order valence-electron chi connectivity index (χ0n) is 16.8. The second-order valence-electron chi connectivity index (χ2n) is 6.86. The van der Waals surface area contributed by atoms with Crippen molar-refractivity contribution in [3.63, 3.8) is 0 Å². The molecule has 2 aromatic rings. The van der Waals surface area contributed by atoms with Gasteiger partial charge < -0.3 is 24.5 Å². The molecule has 1 amide bonds. The van der Waals surface area contributed by atoms with Crippen LogP contribution >= 0.6 is 0 Å². The fourth-order valence-electron chi connectivity index (χ4n) is 3.18. The molecule has 0 fully saturated rings. The SMILES string of the molecule is Cc1[nH]c(=O)c(C#N)c(C)c1CCC(=O)O[C@@H](C)C(=O)Nc1ccc2c(c1)OCO2. The van der Waals surface area contributed by atoms with Crippen molar-refractivity contribution in [1.82, 2.24) is 4.98 Å². The van der Waals surface area contributed by atoms with E-state index in [0.29, 0.717) is 34.0 Å². The molecule has 0 unspecified atom stereocenters. The third-order valence-electron chi connectivity index (χ3n) is 4.82. The number of H-pyrrole nitrogens is 1. The maximum atomic E-state index is 12.3. The number of nitrogens with zero attached hydrogens (tertiary/aromatic N) is 1. The van der Waals surface area contributed by atoms with Crippen LogP contribution in [0.3, 0.4) is 0 Å². The molecule has 3 rings (SSSR count). The van der Waals surface area contributed by atoms with Crippen LogP contribution in [0.15, 0.2) is 23.0 Å². The molecular formula is C21H21N3O6. The Morgan fingerprint density at radius 1 is 1.30 bits per heavy atom. The average Bonchev–Trinajstić information content (AvgIpc) is 3.15. The fraction of sp³-hybridized carbons (Fsp3) is 0.333. The van der Waals surface area contributed by atoms with Gasteiger partial charge in [0.25, 0.3) is 11.5 Å². The predicted octanol–water partition coefficient (Wildman–Crippen LogP) is 2.10.